The number of hydrazine groups is 1. The molecule has 0 bridgehead atoms. The fourth-order valence-electron chi connectivity index (χ4n) is 1.18. The highest BCUT2D eigenvalue weighted by molar-refractivity contribution is 5.72. The molecule has 0 saturated carbocycles. The number of rotatable bonds is 3. The molecular formula is C11H12F4N2O. The molecule has 0 spiro atoms. The zero-order valence-corrected chi connectivity index (χ0v) is 9.81. The molecule has 0 aliphatic heterocycles. The lowest BCUT2D eigenvalue weighted by Gasteiger charge is -2.17. The second-order valence-electron chi connectivity index (χ2n) is 3.72. The Labute approximate surface area is 101 Å². The minimum Gasteiger partial charge on any atom is -0.281 e. The van der Waals surface area contributed by atoms with E-state index < -0.39 is 17.6 Å². The van der Waals surface area contributed by atoms with Crippen molar-refractivity contribution in [2.75, 3.05) is 7.05 Å². The summed E-state index contributed by atoms with van der Waals surface area (Å²) in [4.78, 5) is 10.9. The second-order valence-corrected chi connectivity index (χ2v) is 3.72. The van der Waals surface area contributed by atoms with Gasteiger partial charge in [-0.3, -0.25) is 9.80 Å². The maximum atomic E-state index is 13.4. The average molecular weight is 264 g/mol. The molecule has 0 saturated heterocycles. The van der Waals surface area contributed by atoms with E-state index in [1.54, 1.807) is 0 Å². The number of carbonyl (C=O) groups is 1. The van der Waals surface area contributed by atoms with E-state index in [-0.39, 0.29) is 18.0 Å². The van der Waals surface area contributed by atoms with Gasteiger partial charge in [-0.15, -0.1) is 0 Å². The average Bonchev–Trinajstić information content (AvgIpc) is 2.25. The highest BCUT2D eigenvalue weighted by atomic mass is 19.4. The van der Waals surface area contributed by atoms with Crippen molar-refractivity contribution in [1.29, 1.82) is 0 Å². The maximum Gasteiger partial charge on any atom is 0.416 e. The zero-order valence-electron chi connectivity index (χ0n) is 9.81. The molecule has 0 aliphatic rings. The van der Waals surface area contributed by atoms with E-state index in [0.717, 1.165) is 17.1 Å². The predicted molar refractivity (Wildman–Crippen MR) is 56.7 cm³/mol. The molecular weight excluding hydrogens is 252 g/mol. The molecule has 1 amide bonds. The Hall–Kier alpha value is -1.63. The van der Waals surface area contributed by atoms with Crippen molar-refractivity contribution in [3.8, 4) is 0 Å². The number of halogens is 4. The first-order valence-electron chi connectivity index (χ1n) is 5.05. The smallest absolute Gasteiger partial charge is 0.281 e. The van der Waals surface area contributed by atoms with E-state index in [1.165, 1.54) is 14.0 Å². The Kier molecular flexibility index (Phi) is 4.28. The van der Waals surface area contributed by atoms with E-state index in [1.807, 2.05) is 0 Å². The van der Waals surface area contributed by atoms with Gasteiger partial charge in [0.05, 0.1) is 5.56 Å². The van der Waals surface area contributed by atoms with Crippen LogP contribution in [0.1, 0.15) is 18.1 Å². The van der Waals surface area contributed by atoms with Gasteiger partial charge in [0.25, 0.3) is 0 Å². The molecule has 1 N–H and O–H groups in total. The van der Waals surface area contributed by atoms with Crippen LogP contribution in [0.25, 0.3) is 0 Å². The summed E-state index contributed by atoms with van der Waals surface area (Å²) in [6.45, 7) is 1.23. The number of nitrogens with one attached hydrogen (secondary N) is 1. The first-order valence-corrected chi connectivity index (χ1v) is 5.05. The molecule has 3 nitrogen and oxygen atoms in total. The van der Waals surface area contributed by atoms with Crippen molar-refractivity contribution in [1.82, 2.24) is 10.4 Å². The van der Waals surface area contributed by atoms with Gasteiger partial charge in [0.2, 0.25) is 5.91 Å². The van der Waals surface area contributed by atoms with Gasteiger partial charge >= 0.3 is 6.18 Å². The number of amides is 1. The van der Waals surface area contributed by atoms with Crippen LogP contribution < -0.4 is 5.43 Å². The van der Waals surface area contributed by atoms with Gasteiger partial charge in [-0.05, 0) is 12.1 Å². The molecule has 0 atom stereocenters. The molecule has 0 aromatic heterocycles. The molecule has 7 heteroatoms. The summed E-state index contributed by atoms with van der Waals surface area (Å²) in [5, 5.41) is 1.12. The molecule has 1 aromatic rings. The summed E-state index contributed by atoms with van der Waals surface area (Å²) in [6, 6.07) is 2.28. The van der Waals surface area contributed by atoms with Crippen LogP contribution >= 0.6 is 0 Å². The minimum absolute atomic E-state index is 0.0519. The molecule has 0 heterocycles. The Morgan fingerprint density at radius 2 is 2.00 bits per heavy atom. The number of hydrogen-bond acceptors (Lipinski definition) is 2. The molecule has 0 fully saturated rings. The van der Waals surface area contributed by atoms with Crippen molar-refractivity contribution in [2.24, 2.45) is 0 Å². The highest BCUT2D eigenvalue weighted by Crippen LogP contribution is 2.30. The highest BCUT2D eigenvalue weighted by Gasteiger charge is 2.31. The van der Waals surface area contributed by atoms with Crippen LogP contribution in [-0.2, 0) is 17.5 Å². The SMILES string of the molecule is CC(=O)N(C)NCc1ccc(C(F)(F)F)cc1F. The van der Waals surface area contributed by atoms with Crippen molar-refractivity contribution in [3.05, 3.63) is 35.1 Å². The standard InChI is InChI=1S/C11H12F4N2O/c1-7(18)17(2)16-6-8-3-4-9(5-10(8)12)11(13,14)15/h3-5,16H,6H2,1-2H3. The van der Waals surface area contributed by atoms with Crippen LogP contribution in [0.4, 0.5) is 17.6 Å². The number of hydrogen-bond donors (Lipinski definition) is 1. The minimum atomic E-state index is -4.57. The van der Waals surface area contributed by atoms with E-state index in [0.29, 0.717) is 6.07 Å². The largest absolute Gasteiger partial charge is 0.416 e. The lowest BCUT2D eigenvalue weighted by atomic mass is 10.1. The number of alkyl halides is 3. The van der Waals surface area contributed by atoms with Crippen molar-refractivity contribution >= 4 is 5.91 Å². The summed E-state index contributed by atoms with van der Waals surface area (Å²) < 4.78 is 50.2. The quantitative estimate of drug-likeness (QED) is 0.671. The Morgan fingerprint density at radius 3 is 2.44 bits per heavy atom. The molecule has 18 heavy (non-hydrogen) atoms. The normalized spacial score (nSPS) is 11.4. The molecule has 0 aliphatic carbocycles. The lowest BCUT2D eigenvalue weighted by Crippen LogP contribution is -2.37. The number of nitrogens with zero attached hydrogens (tertiary/aromatic N) is 1. The first-order chi connectivity index (χ1) is 8.21. The fourth-order valence-corrected chi connectivity index (χ4v) is 1.18. The second kappa shape index (κ2) is 5.34. The van der Waals surface area contributed by atoms with E-state index in [4.69, 9.17) is 0 Å². The van der Waals surface area contributed by atoms with E-state index in [9.17, 15) is 22.4 Å². The van der Waals surface area contributed by atoms with Crippen LogP contribution in [0.15, 0.2) is 18.2 Å². The van der Waals surface area contributed by atoms with Gasteiger partial charge in [0, 0.05) is 26.1 Å². The number of benzene rings is 1. The van der Waals surface area contributed by atoms with Crippen LogP contribution in [-0.4, -0.2) is 18.0 Å². The third-order valence-corrected chi connectivity index (χ3v) is 2.36. The van der Waals surface area contributed by atoms with Gasteiger partial charge in [-0.2, -0.15) is 13.2 Å². The van der Waals surface area contributed by atoms with Crippen molar-refractivity contribution in [2.45, 2.75) is 19.6 Å². The summed E-state index contributed by atoms with van der Waals surface area (Å²) in [5.74, 6) is -1.25. The van der Waals surface area contributed by atoms with Crippen molar-refractivity contribution < 1.29 is 22.4 Å². The molecule has 0 unspecified atom stereocenters. The maximum absolute atomic E-state index is 13.4. The molecule has 1 aromatic carbocycles. The van der Waals surface area contributed by atoms with Crippen LogP contribution in [0.3, 0.4) is 0 Å². The van der Waals surface area contributed by atoms with Gasteiger partial charge in [-0.25, -0.2) is 9.82 Å². The molecule has 1 rings (SSSR count). The number of carbonyl (C=O) groups excluding carboxylic acids is 1. The first kappa shape index (κ1) is 14.4. The molecule has 100 valence electrons. The van der Waals surface area contributed by atoms with Gasteiger partial charge < -0.3 is 0 Å². The predicted octanol–water partition coefficient (Wildman–Crippen LogP) is 2.33. The third-order valence-electron chi connectivity index (χ3n) is 2.36. The third kappa shape index (κ3) is 3.69. The summed E-state index contributed by atoms with van der Waals surface area (Å²) in [7, 11) is 1.43. The van der Waals surface area contributed by atoms with Gasteiger partial charge in [0.1, 0.15) is 5.82 Å². The summed E-state index contributed by atoms with van der Waals surface area (Å²) in [5.41, 5.74) is 1.57. The monoisotopic (exact) mass is 264 g/mol. The van der Waals surface area contributed by atoms with E-state index >= 15 is 0 Å². The Morgan fingerprint density at radius 1 is 1.39 bits per heavy atom. The molecule has 0 radical (unpaired) electrons. The van der Waals surface area contributed by atoms with Gasteiger partial charge in [-0.1, -0.05) is 6.07 Å². The Bertz CT molecular complexity index is 445. The van der Waals surface area contributed by atoms with Crippen LogP contribution in [0.5, 0.6) is 0 Å². The van der Waals surface area contributed by atoms with Gasteiger partial charge in [0.15, 0.2) is 0 Å². The van der Waals surface area contributed by atoms with Crippen LogP contribution in [0, 0.1) is 5.82 Å². The lowest BCUT2D eigenvalue weighted by molar-refractivity contribution is -0.137. The van der Waals surface area contributed by atoms with E-state index in [2.05, 4.69) is 5.43 Å². The fraction of sp³-hybridized carbons (Fsp3) is 0.364. The topological polar surface area (TPSA) is 32.3 Å². The van der Waals surface area contributed by atoms with Crippen LogP contribution in [0.2, 0.25) is 0 Å². The zero-order chi connectivity index (χ0) is 13.9. The summed E-state index contributed by atoms with van der Waals surface area (Å²) >= 11 is 0. The Balaban J connectivity index is 2.78. The van der Waals surface area contributed by atoms with Crippen molar-refractivity contribution in [3.63, 3.8) is 0 Å². The summed E-state index contributed by atoms with van der Waals surface area (Å²) in [6.07, 6.45) is -4.57.